The summed E-state index contributed by atoms with van der Waals surface area (Å²) in [5.74, 6) is -0.264. The molecule has 7 nitrogen and oxygen atoms in total. The van der Waals surface area contributed by atoms with Gasteiger partial charge in [0, 0.05) is 14.0 Å². The fourth-order valence-electron chi connectivity index (χ4n) is 0.685. The maximum Gasteiger partial charge on any atom is 0.505 e. The molecule has 0 aliphatic rings. The summed E-state index contributed by atoms with van der Waals surface area (Å²) in [6.07, 6.45) is -1.48. The molecule has 0 saturated carbocycles. The summed E-state index contributed by atoms with van der Waals surface area (Å²) in [5.41, 5.74) is 0. The SMILES string of the molecule is COCC(C)OC(C)=O.O=C(O)OCCO. The average Bonchev–Trinajstić information content (AvgIpc) is 2.14. The summed E-state index contributed by atoms with van der Waals surface area (Å²) in [6.45, 7) is 3.22. The average molecular weight is 238 g/mol. The van der Waals surface area contributed by atoms with Crippen LogP contribution in [0.4, 0.5) is 4.79 Å². The standard InChI is InChI=1S/C6H12O3.C3H6O4/c1-5(4-8-3)9-6(2)7;4-1-2-7-3(5)6/h5H,4H2,1-3H3;4H,1-2H2,(H,5,6). The van der Waals surface area contributed by atoms with Gasteiger partial charge in [-0.15, -0.1) is 0 Å². The van der Waals surface area contributed by atoms with Crippen molar-refractivity contribution >= 4 is 12.1 Å². The zero-order valence-corrected chi connectivity index (χ0v) is 9.63. The molecule has 1 unspecified atom stereocenters. The smallest absolute Gasteiger partial charge is 0.460 e. The molecule has 0 fully saturated rings. The number of methoxy groups -OCH3 is 1. The molecule has 0 aromatic rings. The Balaban J connectivity index is 0. The van der Waals surface area contributed by atoms with E-state index in [1.807, 2.05) is 0 Å². The van der Waals surface area contributed by atoms with E-state index in [0.717, 1.165) is 0 Å². The van der Waals surface area contributed by atoms with Gasteiger partial charge in [0.2, 0.25) is 0 Å². The van der Waals surface area contributed by atoms with Gasteiger partial charge >= 0.3 is 12.1 Å². The van der Waals surface area contributed by atoms with E-state index in [4.69, 9.17) is 19.7 Å². The van der Waals surface area contributed by atoms with Crippen LogP contribution in [0.15, 0.2) is 0 Å². The number of carbonyl (C=O) groups is 2. The number of esters is 1. The molecule has 0 rings (SSSR count). The second-order valence-electron chi connectivity index (χ2n) is 2.71. The molecule has 0 amide bonds. The highest BCUT2D eigenvalue weighted by molar-refractivity contribution is 5.66. The van der Waals surface area contributed by atoms with E-state index in [1.54, 1.807) is 14.0 Å². The summed E-state index contributed by atoms with van der Waals surface area (Å²) in [5, 5.41) is 15.6. The molecule has 0 aromatic carbocycles. The minimum atomic E-state index is -1.35. The molecule has 0 saturated heterocycles. The van der Waals surface area contributed by atoms with Crippen LogP contribution in [0.1, 0.15) is 13.8 Å². The van der Waals surface area contributed by atoms with Gasteiger partial charge in [-0.1, -0.05) is 0 Å². The van der Waals surface area contributed by atoms with Crippen LogP contribution in [0.25, 0.3) is 0 Å². The van der Waals surface area contributed by atoms with Crippen molar-refractivity contribution in [1.29, 1.82) is 0 Å². The lowest BCUT2D eigenvalue weighted by Crippen LogP contribution is -2.17. The molecule has 0 aromatic heterocycles. The number of aliphatic hydroxyl groups is 1. The van der Waals surface area contributed by atoms with Crippen LogP contribution >= 0.6 is 0 Å². The Hall–Kier alpha value is -1.34. The molecule has 0 aliphatic heterocycles. The lowest BCUT2D eigenvalue weighted by atomic mass is 10.4. The van der Waals surface area contributed by atoms with E-state index < -0.39 is 6.16 Å². The third-order valence-corrected chi connectivity index (χ3v) is 1.09. The Morgan fingerprint density at radius 3 is 2.19 bits per heavy atom. The van der Waals surface area contributed by atoms with Crippen LogP contribution in [-0.2, 0) is 19.0 Å². The Bertz CT molecular complexity index is 192. The Kier molecular flexibility index (Phi) is 12.5. The molecular formula is C9H18O7. The first-order chi connectivity index (χ1) is 7.43. The Morgan fingerprint density at radius 1 is 1.38 bits per heavy atom. The minimum Gasteiger partial charge on any atom is -0.460 e. The Morgan fingerprint density at radius 2 is 1.94 bits per heavy atom. The molecule has 7 heteroatoms. The fraction of sp³-hybridized carbons (Fsp3) is 0.778. The second kappa shape index (κ2) is 11.7. The number of hydrogen-bond donors (Lipinski definition) is 2. The molecular weight excluding hydrogens is 220 g/mol. The van der Waals surface area contributed by atoms with Gasteiger partial charge in [-0.3, -0.25) is 4.79 Å². The van der Waals surface area contributed by atoms with Crippen molar-refractivity contribution < 1.29 is 34.0 Å². The normalized spacial score (nSPS) is 10.8. The van der Waals surface area contributed by atoms with E-state index in [-0.39, 0.29) is 25.3 Å². The van der Waals surface area contributed by atoms with Gasteiger partial charge in [-0.05, 0) is 6.92 Å². The molecule has 2 N–H and O–H groups in total. The molecule has 0 heterocycles. The van der Waals surface area contributed by atoms with Crippen LogP contribution in [0.3, 0.4) is 0 Å². The monoisotopic (exact) mass is 238 g/mol. The number of rotatable bonds is 5. The minimum absolute atomic E-state index is 0.132. The first-order valence-corrected chi connectivity index (χ1v) is 4.56. The largest absolute Gasteiger partial charge is 0.505 e. The van der Waals surface area contributed by atoms with Crippen molar-refractivity contribution in [3.63, 3.8) is 0 Å². The lowest BCUT2D eigenvalue weighted by molar-refractivity contribution is -0.147. The highest BCUT2D eigenvalue weighted by Crippen LogP contribution is 1.90. The van der Waals surface area contributed by atoms with Crippen molar-refractivity contribution in [1.82, 2.24) is 0 Å². The topological polar surface area (TPSA) is 102 Å². The molecule has 0 radical (unpaired) electrons. The van der Waals surface area contributed by atoms with E-state index in [9.17, 15) is 9.59 Å². The van der Waals surface area contributed by atoms with Crippen LogP contribution < -0.4 is 0 Å². The highest BCUT2D eigenvalue weighted by atomic mass is 16.7. The maximum atomic E-state index is 10.3. The molecule has 0 aliphatic carbocycles. The summed E-state index contributed by atoms with van der Waals surface area (Å²) in [6, 6.07) is 0. The van der Waals surface area contributed by atoms with Gasteiger partial charge in [0.25, 0.3) is 0 Å². The Labute approximate surface area is 93.9 Å². The predicted molar refractivity (Wildman–Crippen MR) is 54.2 cm³/mol. The van der Waals surface area contributed by atoms with E-state index >= 15 is 0 Å². The zero-order chi connectivity index (χ0) is 13.0. The van der Waals surface area contributed by atoms with E-state index in [0.29, 0.717) is 6.61 Å². The lowest BCUT2D eigenvalue weighted by Gasteiger charge is -2.08. The number of hydrogen-bond acceptors (Lipinski definition) is 6. The number of ether oxygens (including phenoxy) is 3. The van der Waals surface area contributed by atoms with Crippen molar-refractivity contribution in [3.8, 4) is 0 Å². The van der Waals surface area contributed by atoms with Gasteiger partial charge < -0.3 is 24.4 Å². The van der Waals surface area contributed by atoms with Crippen LogP contribution in [-0.4, -0.2) is 55.4 Å². The van der Waals surface area contributed by atoms with E-state index in [2.05, 4.69) is 4.74 Å². The maximum absolute atomic E-state index is 10.3. The third kappa shape index (κ3) is 18.4. The number of carbonyl (C=O) groups excluding carboxylic acids is 1. The van der Waals surface area contributed by atoms with Gasteiger partial charge in [-0.2, -0.15) is 0 Å². The van der Waals surface area contributed by atoms with Crippen LogP contribution in [0.2, 0.25) is 0 Å². The van der Waals surface area contributed by atoms with Crippen molar-refractivity contribution in [3.05, 3.63) is 0 Å². The van der Waals surface area contributed by atoms with Gasteiger partial charge in [0.15, 0.2) is 0 Å². The first-order valence-electron chi connectivity index (χ1n) is 4.56. The van der Waals surface area contributed by atoms with Gasteiger partial charge in [0.1, 0.15) is 12.7 Å². The van der Waals surface area contributed by atoms with Gasteiger partial charge in [0.05, 0.1) is 13.2 Å². The summed E-state index contributed by atoms with van der Waals surface area (Å²) < 4.78 is 13.3. The summed E-state index contributed by atoms with van der Waals surface area (Å²) in [4.78, 5) is 19.7. The molecule has 0 bridgehead atoms. The number of carboxylic acid groups (broad SMARTS) is 1. The van der Waals surface area contributed by atoms with Gasteiger partial charge in [-0.25, -0.2) is 4.79 Å². The summed E-state index contributed by atoms with van der Waals surface area (Å²) >= 11 is 0. The number of aliphatic hydroxyl groups excluding tert-OH is 1. The highest BCUT2D eigenvalue weighted by Gasteiger charge is 2.02. The molecule has 1 atom stereocenters. The van der Waals surface area contributed by atoms with E-state index in [1.165, 1.54) is 6.92 Å². The fourth-order valence-corrected chi connectivity index (χ4v) is 0.685. The zero-order valence-electron chi connectivity index (χ0n) is 9.63. The van der Waals surface area contributed by atoms with Crippen LogP contribution in [0.5, 0.6) is 0 Å². The molecule has 0 spiro atoms. The quantitative estimate of drug-likeness (QED) is 0.662. The van der Waals surface area contributed by atoms with Crippen LogP contribution in [0, 0.1) is 0 Å². The third-order valence-electron chi connectivity index (χ3n) is 1.09. The second-order valence-corrected chi connectivity index (χ2v) is 2.71. The summed E-state index contributed by atoms with van der Waals surface area (Å²) in [7, 11) is 1.57. The van der Waals surface area contributed by atoms with Crippen molar-refractivity contribution in [2.75, 3.05) is 26.9 Å². The first kappa shape index (κ1) is 17.1. The molecule has 16 heavy (non-hydrogen) atoms. The predicted octanol–water partition coefficient (Wildman–Crippen LogP) is 0.258. The van der Waals surface area contributed by atoms with Crippen molar-refractivity contribution in [2.24, 2.45) is 0 Å². The van der Waals surface area contributed by atoms with Crippen molar-refractivity contribution in [2.45, 2.75) is 20.0 Å². The molecule has 96 valence electrons.